The average Bonchev–Trinajstić information content (AvgIpc) is 3.27. The standard InChI is InChI=1S/C17H14FN5O/c18-13-5-2-1-4-12(13)11-23-15(17-21-8-9-24-17)10-14(22-23)16-19-6-3-7-20-16/h1-10,12-13H,11H2. The highest BCUT2D eigenvalue weighted by Gasteiger charge is 2.23. The Morgan fingerprint density at radius 1 is 1.08 bits per heavy atom. The first kappa shape index (κ1) is 14.5. The molecule has 0 N–H and O–H groups in total. The van der Waals surface area contributed by atoms with E-state index in [0.717, 1.165) is 0 Å². The summed E-state index contributed by atoms with van der Waals surface area (Å²) >= 11 is 0. The van der Waals surface area contributed by atoms with Crippen molar-refractivity contribution in [2.75, 3.05) is 0 Å². The SMILES string of the molecule is FC1C=CC=CC1Cn1nc(-c2ncccn2)cc1-c1ncco1. The van der Waals surface area contributed by atoms with Crippen LogP contribution in [0.3, 0.4) is 0 Å². The maximum atomic E-state index is 14.1. The first-order valence-electron chi connectivity index (χ1n) is 7.55. The maximum Gasteiger partial charge on any atom is 0.244 e. The molecule has 0 saturated heterocycles. The van der Waals surface area contributed by atoms with Crippen molar-refractivity contribution in [2.24, 2.45) is 5.92 Å². The van der Waals surface area contributed by atoms with Crippen molar-refractivity contribution in [3.05, 3.63) is 61.3 Å². The van der Waals surface area contributed by atoms with Gasteiger partial charge in [0.2, 0.25) is 5.89 Å². The van der Waals surface area contributed by atoms with Gasteiger partial charge in [-0.25, -0.2) is 19.3 Å². The van der Waals surface area contributed by atoms with Gasteiger partial charge in [0.05, 0.1) is 12.7 Å². The van der Waals surface area contributed by atoms with E-state index in [4.69, 9.17) is 4.42 Å². The summed E-state index contributed by atoms with van der Waals surface area (Å²) in [5.41, 5.74) is 1.26. The molecule has 0 aromatic carbocycles. The topological polar surface area (TPSA) is 69.6 Å². The van der Waals surface area contributed by atoms with Gasteiger partial charge in [0, 0.05) is 24.4 Å². The first-order chi connectivity index (χ1) is 11.8. The van der Waals surface area contributed by atoms with Crippen LogP contribution in [-0.2, 0) is 6.54 Å². The number of allylic oxidation sites excluding steroid dienone is 4. The van der Waals surface area contributed by atoms with Gasteiger partial charge in [-0.15, -0.1) is 0 Å². The Bertz CT molecular complexity index is 870. The Morgan fingerprint density at radius 2 is 1.92 bits per heavy atom. The molecule has 120 valence electrons. The third kappa shape index (κ3) is 2.76. The lowest BCUT2D eigenvalue weighted by Crippen LogP contribution is -2.21. The van der Waals surface area contributed by atoms with Crippen molar-refractivity contribution in [1.29, 1.82) is 0 Å². The van der Waals surface area contributed by atoms with E-state index in [1.165, 1.54) is 6.26 Å². The molecule has 0 radical (unpaired) electrons. The Hall–Kier alpha value is -3.09. The maximum absolute atomic E-state index is 14.1. The van der Waals surface area contributed by atoms with Gasteiger partial charge in [-0.1, -0.05) is 24.3 Å². The summed E-state index contributed by atoms with van der Waals surface area (Å²) in [4.78, 5) is 12.6. The second kappa shape index (κ2) is 6.19. The molecule has 0 spiro atoms. The highest BCUT2D eigenvalue weighted by atomic mass is 19.1. The number of alkyl halides is 1. The normalized spacial score (nSPS) is 19.7. The Balaban J connectivity index is 1.73. The number of hydrogen-bond acceptors (Lipinski definition) is 5. The van der Waals surface area contributed by atoms with E-state index < -0.39 is 6.17 Å². The fourth-order valence-corrected chi connectivity index (χ4v) is 2.61. The van der Waals surface area contributed by atoms with E-state index >= 15 is 0 Å². The summed E-state index contributed by atoms with van der Waals surface area (Å²) in [6, 6.07) is 3.54. The van der Waals surface area contributed by atoms with E-state index in [0.29, 0.717) is 29.6 Å². The molecule has 6 nitrogen and oxygen atoms in total. The van der Waals surface area contributed by atoms with Crippen LogP contribution in [0.4, 0.5) is 4.39 Å². The van der Waals surface area contributed by atoms with E-state index in [-0.39, 0.29) is 5.92 Å². The summed E-state index contributed by atoms with van der Waals surface area (Å²) in [7, 11) is 0. The lowest BCUT2D eigenvalue weighted by atomic mass is 9.99. The van der Waals surface area contributed by atoms with Gasteiger partial charge in [0.25, 0.3) is 0 Å². The molecule has 3 heterocycles. The predicted molar refractivity (Wildman–Crippen MR) is 85.4 cm³/mol. The van der Waals surface area contributed by atoms with Gasteiger partial charge in [0.15, 0.2) is 5.82 Å². The van der Waals surface area contributed by atoms with Crippen molar-refractivity contribution in [2.45, 2.75) is 12.7 Å². The van der Waals surface area contributed by atoms with E-state index in [2.05, 4.69) is 20.1 Å². The third-order valence-corrected chi connectivity index (χ3v) is 3.78. The molecular weight excluding hydrogens is 309 g/mol. The van der Waals surface area contributed by atoms with E-state index in [1.807, 2.05) is 12.2 Å². The molecule has 0 bridgehead atoms. The molecule has 0 aliphatic heterocycles. The molecule has 0 fully saturated rings. The zero-order chi connectivity index (χ0) is 16.4. The highest BCUT2D eigenvalue weighted by Crippen LogP contribution is 2.26. The van der Waals surface area contributed by atoms with Gasteiger partial charge in [-0.3, -0.25) is 4.68 Å². The van der Waals surface area contributed by atoms with Gasteiger partial charge in [-0.05, 0) is 6.07 Å². The number of halogens is 1. The lowest BCUT2D eigenvalue weighted by molar-refractivity contribution is 0.287. The molecule has 3 aromatic heterocycles. The van der Waals surface area contributed by atoms with Gasteiger partial charge in [0.1, 0.15) is 23.8 Å². The van der Waals surface area contributed by atoms with Gasteiger partial charge < -0.3 is 4.42 Å². The van der Waals surface area contributed by atoms with Gasteiger partial charge >= 0.3 is 0 Å². The Morgan fingerprint density at radius 3 is 2.67 bits per heavy atom. The zero-order valence-corrected chi connectivity index (χ0v) is 12.7. The van der Waals surface area contributed by atoms with Crippen molar-refractivity contribution in [3.63, 3.8) is 0 Å². The van der Waals surface area contributed by atoms with Crippen LogP contribution in [-0.4, -0.2) is 30.9 Å². The predicted octanol–water partition coefficient (Wildman–Crippen LogP) is 3.08. The monoisotopic (exact) mass is 323 g/mol. The lowest BCUT2D eigenvalue weighted by Gasteiger charge is -2.18. The molecule has 2 atom stereocenters. The first-order valence-corrected chi connectivity index (χ1v) is 7.55. The van der Waals surface area contributed by atoms with Crippen LogP contribution >= 0.6 is 0 Å². The zero-order valence-electron chi connectivity index (χ0n) is 12.7. The highest BCUT2D eigenvalue weighted by molar-refractivity contribution is 5.59. The van der Waals surface area contributed by atoms with E-state index in [1.54, 1.807) is 47.6 Å². The van der Waals surface area contributed by atoms with Crippen molar-refractivity contribution in [3.8, 4) is 23.1 Å². The van der Waals surface area contributed by atoms with Gasteiger partial charge in [-0.2, -0.15) is 5.10 Å². The van der Waals surface area contributed by atoms with Crippen molar-refractivity contribution < 1.29 is 8.81 Å². The van der Waals surface area contributed by atoms with Crippen molar-refractivity contribution >= 4 is 0 Å². The Kier molecular flexibility index (Phi) is 3.74. The molecular formula is C17H14FN5O. The number of nitrogens with zero attached hydrogens (tertiary/aromatic N) is 5. The third-order valence-electron chi connectivity index (χ3n) is 3.78. The fraction of sp³-hybridized carbons (Fsp3) is 0.176. The molecule has 3 aromatic rings. The second-order valence-electron chi connectivity index (χ2n) is 5.38. The van der Waals surface area contributed by atoms with Crippen LogP contribution in [0.1, 0.15) is 0 Å². The fourth-order valence-electron chi connectivity index (χ4n) is 2.61. The van der Waals surface area contributed by atoms with Crippen LogP contribution < -0.4 is 0 Å². The molecule has 0 saturated carbocycles. The van der Waals surface area contributed by atoms with Crippen LogP contribution in [0.25, 0.3) is 23.1 Å². The van der Waals surface area contributed by atoms with Crippen LogP contribution in [0.5, 0.6) is 0 Å². The number of oxazole rings is 1. The summed E-state index contributed by atoms with van der Waals surface area (Å²) in [6.45, 7) is 0.368. The number of hydrogen-bond donors (Lipinski definition) is 0. The summed E-state index contributed by atoms with van der Waals surface area (Å²) in [6.07, 6.45) is 12.2. The summed E-state index contributed by atoms with van der Waals surface area (Å²) in [5, 5.41) is 4.53. The average molecular weight is 323 g/mol. The molecule has 4 rings (SSSR count). The van der Waals surface area contributed by atoms with E-state index in [9.17, 15) is 4.39 Å². The quantitative estimate of drug-likeness (QED) is 0.738. The molecule has 1 aliphatic carbocycles. The van der Waals surface area contributed by atoms with Crippen LogP contribution in [0.15, 0.2) is 65.7 Å². The molecule has 7 heteroatoms. The number of rotatable bonds is 4. The molecule has 0 amide bonds. The summed E-state index contributed by atoms with van der Waals surface area (Å²) < 4.78 is 21.2. The molecule has 1 aliphatic rings. The minimum absolute atomic E-state index is 0.298. The minimum atomic E-state index is -1.05. The Labute approximate surface area is 137 Å². The second-order valence-corrected chi connectivity index (χ2v) is 5.38. The smallest absolute Gasteiger partial charge is 0.244 e. The summed E-state index contributed by atoms with van der Waals surface area (Å²) in [5.74, 6) is 0.628. The molecule has 24 heavy (non-hydrogen) atoms. The minimum Gasteiger partial charge on any atom is -0.443 e. The molecule has 2 unspecified atom stereocenters. The largest absolute Gasteiger partial charge is 0.443 e. The van der Waals surface area contributed by atoms with Crippen LogP contribution in [0.2, 0.25) is 0 Å². The number of aromatic nitrogens is 5. The van der Waals surface area contributed by atoms with Crippen molar-refractivity contribution in [1.82, 2.24) is 24.7 Å². The van der Waals surface area contributed by atoms with Crippen LogP contribution in [0, 0.1) is 5.92 Å².